The van der Waals surface area contributed by atoms with Crippen LogP contribution in [0.25, 0.3) is 20.5 Å². The maximum absolute atomic E-state index is 13.9. The summed E-state index contributed by atoms with van der Waals surface area (Å²) >= 11 is 1.66. The molecule has 1 aromatic heterocycles. The Morgan fingerprint density at radius 3 is 2.30 bits per heavy atom. The molecule has 1 aliphatic rings. The fourth-order valence-corrected chi connectivity index (χ4v) is 6.10. The highest BCUT2D eigenvalue weighted by atomic mass is 32.1. The molecule has 3 aromatic carbocycles. The Hall–Kier alpha value is -3.35. The molecule has 4 aromatic rings. The minimum absolute atomic E-state index is 0.0227. The summed E-state index contributed by atoms with van der Waals surface area (Å²) in [6.45, 7) is 3.94. The lowest BCUT2D eigenvalue weighted by Gasteiger charge is -2.26. The van der Waals surface area contributed by atoms with Crippen LogP contribution in [-0.2, 0) is 0 Å². The van der Waals surface area contributed by atoms with Gasteiger partial charge in [-0.2, -0.15) is 0 Å². The zero-order valence-electron chi connectivity index (χ0n) is 21.8. The van der Waals surface area contributed by atoms with E-state index in [1.807, 2.05) is 62.6 Å². The highest BCUT2D eigenvalue weighted by molar-refractivity contribution is 7.22. The van der Waals surface area contributed by atoms with Crippen molar-refractivity contribution in [1.29, 1.82) is 0 Å². The standard InChI is InChI=1S/C31H34N2O3S/c1-32(2)24-11-16-27-28(21-24)37-31(23-9-12-25(35-3)13-10-23)29(27)30(34)22-7-14-26(15-8-22)36-20-19-33-17-5-4-6-18-33/h7-16,21H,4-6,17-20H2,1-3H3. The number of likely N-dealkylation sites (tertiary alicyclic amines) is 1. The average molecular weight is 515 g/mol. The van der Waals surface area contributed by atoms with Gasteiger partial charge in [-0.15, -0.1) is 11.3 Å². The highest BCUT2D eigenvalue weighted by Crippen LogP contribution is 2.41. The third-order valence-corrected chi connectivity index (χ3v) is 8.21. The van der Waals surface area contributed by atoms with E-state index < -0.39 is 0 Å². The number of hydrogen-bond acceptors (Lipinski definition) is 6. The summed E-state index contributed by atoms with van der Waals surface area (Å²) in [7, 11) is 5.72. The van der Waals surface area contributed by atoms with Crippen molar-refractivity contribution in [3.05, 3.63) is 77.9 Å². The molecule has 0 N–H and O–H groups in total. The molecular formula is C31H34N2O3S. The van der Waals surface area contributed by atoms with E-state index >= 15 is 0 Å². The van der Waals surface area contributed by atoms with Crippen LogP contribution in [0.1, 0.15) is 35.2 Å². The van der Waals surface area contributed by atoms with Gasteiger partial charge in [0.1, 0.15) is 18.1 Å². The van der Waals surface area contributed by atoms with Crippen molar-refractivity contribution in [2.24, 2.45) is 0 Å². The molecule has 0 amide bonds. The van der Waals surface area contributed by atoms with Crippen molar-refractivity contribution >= 4 is 32.9 Å². The maximum Gasteiger partial charge on any atom is 0.195 e. The van der Waals surface area contributed by atoms with Crippen LogP contribution in [0.5, 0.6) is 11.5 Å². The van der Waals surface area contributed by atoms with E-state index in [9.17, 15) is 4.79 Å². The van der Waals surface area contributed by atoms with E-state index in [1.165, 1.54) is 19.3 Å². The highest BCUT2D eigenvalue weighted by Gasteiger charge is 2.22. The molecule has 37 heavy (non-hydrogen) atoms. The smallest absolute Gasteiger partial charge is 0.195 e. The monoisotopic (exact) mass is 514 g/mol. The van der Waals surface area contributed by atoms with E-state index in [0.717, 1.165) is 62.9 Å². The van der Waals surface area contributed by atoms with E-state index in [0.29, 0.717) is 12.2 Å². The van der Waals surface area contributed by atoms with Crippen LogP contribution in [0.3, 0.4) is 0 Å². The Morgan fingerprint density at radius 1 is 0.919 bits per heavy atom. The van der Waals surface area contributed by atoms with Gasteiger partial charge in [0.05, 0.1) is 7.11 Å². The maximum atomic E-state index is 13.9. The summed E-state index contributed by atoms with van der Waals surface area (Å²) in [4.78, 5) is 19.4. The van der Waals surface area contributed by atoms with Crippen molar-refractivity contribution < 1.29 is 14.3 Å². The second kappa shape index (κ2) is 11.4. The predicted octanol–water partition coefficient (Wildman–Crippen LogP) is 6.74. The molecule has 0 atom stereocenters. The van der Waals surface area contributed by atoms with Gasteiger partial charge in [0.15, 0.2) is 5.78 Å². The minimum atomic E-state index is 0.0227. The Labute approximate surface area is 223 Å². The summed E-state index contributed by atoms with van der Waals surface area (Å²) in [6.07, 6.45) is 3.90. The van der Waals surface area contributed by atoms with Gasteiger partial charge in [0, 0.05) is 52.4 Å². The van der Waals surface area contributed by atoms with Crippen molar-refractivity contribution in [3.8, 4) is 21.9 Å². The SMILES string of the molecule is COc1ccc(-c2sc3cc(N(C)C)ccc3c2C(=O)c2ccc(OCCN3CCCCC3)cc2)cc1. The summed E-state index contributed by atoms with van der Waals surface area (Å²) in [5.41, 5.74) is 3.53. The number of piperidine rings is 1. The van der Waals surface area contributed by atoms with Gasteiger partial charge >= 0.3 is 0 Å². The number of anilines is 1. The molecule has 5 rings (SSSR count). The van der Waals surface area contributed by atoms with E-state index in [4.69, 9.17) is 9.47 Å². The van der Waals surface area contributed by atoms with Crippen molar-refractivity contribution in [3.63, 3.8) is 0 Å². The van der Waals surface area contributed by atoms with Crippen LogP contribution < -0.4 is 14.4 Å². The number of ether oxygens (including phenoxy) is 2. The van der Waals surface area contributed by atoms with Crippen LogP contribution in [0, 0.1) is 0 Å². The topological polar surface area (TPSA) is 42.0 Å². The van der Waals surface area contributed by atoms with Gasteiger partial charge in [0.25, 0.3) is 0 Å². The van der Waals surface area contributed by atoms with Gasteiger partial charge in [-0.25, -0.2) is 0 Å². The molecule has 0 spiro atoms. The van der Waals surface area contributed by atoms with Gasteiger partial charge in [-0.1, -0.05) is 12.5 Å². The quantitative estimate of drug-likeness (QED) is 0.232. The summed E-state index contributed by atoms with van der Waals surface area (Å²) < 4.78 is 12.4. The predicted molar refractivity (Wildman–Crippen MR) is 154 cm³/mol. The molecule has 5 nitrogen and oxygen atoms in total. The summed E-state index contributed by atoms with van der Waals surface area (Å²) in [5, 5.41) is 0.980. The number of carbonyl (C=O) groups excluding carboxylic acids is 1. The third kappa shape index (κ3) is 5.65. The third-order valence-electron chi connectivity index (χ3n) is 7.01. The average Bonchev–Trinajstić information content (AvgIpc) is 3.32. The van der Waals surface area contributed by atoms with Gasteiger partial charge < -0.3 is 14.4 Å². The number of benzene rings is 3. The Morgan fingerprint density at radius 2 is 1.62 bits per heavy atom. The molecule has 0 saturated carbocycles. The number of rotatable bonds is 9. The molecule has 0 aliphatic carbocycles. The molecule has 6 heteroatoms. The lowest BCUT2D eigenvalue weighted by Crippen LogP contribution is -2.33. The van der Waals surface area contributed by atoms with Crippen LogP contribution in [0.4, 0.5) is 5.69 Å². The lowest BCUT2D eigenvalue weighted by atomic mass is 9.97. The van der Waals surface area contributed by atoms with Gasteiger partial charge in [-0.05, 0) is 92.2 Å². The molecule has 192 valence electrons. The zero-order chi connectivity index (χ0) is 25.8. The van der Waals surface area contributed by atoms with E-state index in [-0.39, 0.29) is 5.78 Å². The number of thiophene rings is 1. The molecule has 1 saturated heterocycles. The van der Waals surface area contributed by atoms with Crippen molar-refractivity contribution in [2.45, 2.75) is 19.3 Å². The lowest BCUT2D eigenvalue weighted by molar-refractivity contribution is 0.104. The summed E-state index contributed by atoms with van der Waals surface area (Å²) in [6, 6.07) is 21.8. The Bertz CT molecular complexity index is 1350. The van der Waals surface area contributed by atoms with Gasteiger partial charge in [0.2, 0.25) is 0 Å². The fraction of sp³-hybridized carbons (Fsp3) is 0.323. The Kier molecular flexibility index (Phi) is 7.77. The molecule has 2 heterocycles. The number of carbonyl (C=O) groups is 1. The normalized spacial score (nSPS) is 14.0. The summed E-state index contributed by atoms with van der Waals surface area (Å²) in [5.74, 6) is 1.62. The Balaban J connectivity index is 1.42. The zero-order valence-corrected chi connectivity index (χ0v) is 22.6. The molecule has 0 radical (unpaired) electrons. The van der Waals surface area contributed by atoms with Crippen molar-refractivity contribution in [2.75, 3.05) is 52.3 Å². The first-order valence-corrected chi connectivity index (χ1v) is 13.7. The molecule has 1 fully saturated rings. The molecule has 0 unspecified atom stereocenters. The number of methoxy groups -OCH3 is 1. The largest absolute Gasteiger partial charge is 0.497 e. The number of hydrogen-bond donors (Lipinski definition) is 0. The van der Waals surface area contributed by atoms with Crippen molar-refractivity contribution in [1.82, 2.24) is 4.90 Å². The van der Waals surface area contributed by atoms with Crippen LogP contribution in [-0.4, -0.2) is 58.1 Å². The van der Waals surface area contributed by atoms with Gasteiger partial charge in [-0.3, -0.25) is 9.69 Å². The number of ketones is 1. The van der Waals surface area contributed by atoms with E-state index in [2.05, 4.69) is 28.0 Å². The fourth-order valence-electron chi connectivity index (χ4n) is 4.86. The number of fused-ring (bicyclic) bond motifs is 1. The molecule has 0 bridgehead atoms. The molecular weight excluding hydrogens is 480 g/mol. The first-order valence-electron chi connectivity index (χ1n) is 12.9. The van der Waals surface area contributed by atoms with Crippen LogP contribution >= 0.6 is 11.3 Å². The second-order valence-corrected chi connectivity index (χ2v) is 10.8. The first kappa shape index (κ1) is 25.3. The number of nitrogens with zero attached hydrogens (tertiary/aromatic N) is 2. The van der Waals surface area contributed by atoms with Crippen LogP contribution in [0.15, 0.2) is 66.7 Å². The first-order chi connectivity index (χ1) is 18.0. The van der Waals surface area contributed by atoms with Crippen LogP contribution in [0.2, 0.25) is 0 Å². The molecule has 1 aliphatic heterocycles. The minimum Gasteiger partial charge on any atom is -0.497 e. The second-order valence-electron chi connectivity index (χ2n) is 9.71. The van der Waals surface area contributed by atoms with E-state index in [1.54, 1.807) is 18.4 Å².